The van der Waals surface area contributed by atoms with E-state index in [1.165, 1.54) is 12.5 Å². The van der Waals surface area contributed by atoms with Crippen LogP contribution in [-0.4, -0.2) is 15.0 Å². The Bertz CT molecular complexity index is 669. The van der Waals surface area contributed by atoms with Crippen LogP contribution in [0.15, 0.2) is 41.2 Å². The van der Waals surface area contributed by atoms with Gasteiger partial charge in [0, 0.05) is 12.1 Å². The first-order valence-electron chi connectivity index (χ1n) is 5.88. The first-order chi connectivity index (χ1) is 9.46. The van der Waals surface area contributed by atoms with Crippen molar-refractivity contribution < 1.29 is 21.6 Å². The second-order valence-electron chi connectivity index (χ2n) is 4.27. The number of hydrogen-bond acceptors (Lipinski definition) is 3. The van der Waals surface area contributed by atoms with Crippen molar-refractivity contribution in [1.29, 1.82) is 0 Å². The van der Waals surface area contributed by atoms with Gasteiger partial charge >= 0.3 is 0 Å². The van der Waals surface area contributed by atoms with E-state index >= 15 is 0 Å². The van der Waals surface area contributed by atoms with Gasteiger partial charge in [0.05, 0.1) is 18.3 Å². The normalized spacial score (nSPS) is 11.7. The van der Waals surface area contributed by atoms with E-state index in [0.29, 0.717) is 6.42 Å². The minimum absolute atomic E-state index is 0.165. The molecule has 4 nitrogen and oxygen atoms in total. The zero-order valence-corrected chi connectivity index (χ0v) is 11.3. The maximum absolute atomic E-state index is 13.4. The van der Waals surface area contributed by atoms with E-state index in [2.05, 4.69) is 4.72 Å². The first kappa shape index (κ1) is 14.7. The van der Waals surface area contributed by atoms with Gasteiger partial charge in [-0.2, -0.15) is 0 Å². The topological polar surface area (TPSA) is 59.3 Å². The maximum Gasteiger partial charge on any atom is 0.215 e. The van der Waals surface area contributed by atoms with Gasteiger partial charge in [0.25, 0.3) is 0 Å². The molecule has 0 fully saturated rings. The van der Waals surface area contributed by atoms with E-state index in [1.54, 1.807) is 6.07 Å². The van der Waals surface area contributed by atoms with Crippen LogP contribution in [0.2, 0.25) is 0 Å². The monoisotopic (exact) mass is 301 g/mol. The molecular formula is C13H13F2NO3S. The van der Waals surface area contributed by atoms with Crippen LogP contribution in [0.5, 0.6) is 0 Å². The van der Waals surface area contributed by atoms with Crippen LogP contribution in [0, 0.1) is 11.6 Å². The molecule has 0 radical (unpaired) electrons. The van der Waals surface area contributed by atoms with Crippen LogP contribution >= 0.6 is 0 Å². The third-order valence-electron chi connectivity index (χ3n) is 2.67. The van der Waals surface area contributed by atoms with Crippen LogP contribution in [0.3, 0.4) is 0 Å². The van der Waals surface area contributed by atoms with Gasteiger partial charge in [-0.3, -0.25) is 0 Å². The summed E-state index contributed by atoms with van der Waals surface area (Å²) < 4.78 is 57.1. The number of benzene rings is 1. The Hall–Kier alpha value is -1.73. The van der Waals surface area contributed by atoms with Gasteiger partial charge < -0.3 is 4.42 Å². The quantitative estimate of drug-likeness (QED) is 0.890. The van der Waals surface area contributed by atoms with E-state index < -0.39 is 27.4 Å². The van der Waals surface area contributed by atoms with Crippen molar-refractivity contribution in [2.75, 3.05) is 6.54 Å². The molecule has 108 valence electrons. The Morgan fingerprint density at radius 1 is 1.20 bits per heavy atom. The first-order valence-corrected chi connectivity index (χ1v) is 7.54. The second kappa shape index (κ2) is 6.15. The SMILES string of the molecule is O=S(=O)(Cc1cc(F)ccc1F)NCCc1ccoc1. The molecule has 0 aliphatic rings. The van der Waals surface area contributed by atoms with E-state index in [9.17, 15) is 17.2 Å². The summed E-state index contributed by atoms with van der Waals surface area (Å²) in [4.78, 5) is 0. The molecule has 0 bridgehead atoms. The molecule has 0 unspecified atom stereocenters. The minimum Gasteiger partial charge on any atom is -0.472 e. The van der Waals surface area contributed by atoms with Gasteiger partial charge in [-0.25, -0.2) is 21.9 Å². The molecule has 1 aromatic carbocycles. The summed E-state index contributed by atoms with van der Waals surface area (Å²) in [5.41, 5.74) is 0.658. The van der Waals surface area contributed by atoms with Crippen LogP contribution < -0.4 is 4.72 Å². The van der Waals surface area contributed by atoms with Crippen LogP contribution in [0.1, 0.15) is 11.1 Å². The largest absolute Gasteiger partial charge is 0.472 e. The van der Waals surface area contributed by atoms with Crippen LogP contribution in [0.4, 0.5) is 8.78 Å². The van der Waals surface area contributed by atoms with Crippen molar-refractivity contribution in [1.82, 2.24) is 4.72 Å². The lowest BCUT2D eigenvalue weighted by atomic mass is 10.2. The van der Waals surface area contributed by atoms with Crippen molar-refractivity contribution in [3.05, 3.63) is 59.6 Å². The van der Waals surface area contributed by atoms with E-state index in [4.69, 9.17) is 4.42 Å². The average molecular weight is 301 g/mol. The number of halogens is 2. The number of hydrogen-bond donors (Lipinski definition) is 1. The zero-order chi connectivity index (χ0) is 14.6. The lowest BCUT2D eigenvalue weighted by Crippen LogP contribution is -2.27. The lowest BCUT2D eigenvalue weighted by molar-refractivity contribution is 0.561. The van der Waals surface area contributed by atoms with Gasteiger partial charge in [0.1, 0.15) is 11.6 Å². The Labute approximate surface area is 115 Å². The molecule has 2 aromatic rings. The van der Waals surface area contributed by atoms with Crippen LogP contribution in [-0.2, 0) is 22.2 Å². The standard InChI is InChI=1S/C13H13F2NO3S/c14-12-1-2-13(15)11(7-12)9-20(17,18)16-5-3-10-4-6-19-8-10/h1-2,4,6-8,16H,3,5,9H2. The molecule has 0 atom stereocenters. The van der Waals surface area contributed by atoms with Gasteiger partial charge in [-0.05, 0) is 36.2 Å². The van der Waals surface area contributed by atoms with Crippen molar-refractivity contribution >= 4 is 10.0 Å². The molecule has 1 heterocycles. The van der Waals surface area contributed by atoms with E-state index in [-0.39, 0.29) is 12.1 Å². The maximum atomic E-state index is 13.4. The van der Waals surface area contributed by atoms with Crippen molar-refractivity contribution in [3.63, 3.8) is 0 Å². The molecular weight excluding hydrogens is 288 g/mol. The molecule has 0 aliphatic heterocycles. The van der Waals surface area contributed by atoms with Crippen molar-refractivity contribution in [2.24, 2.45) is 0 Å². The van der Waals surface area contributed by atoms with Crippen molar-refractivity contribution in [3.8, 4) is 0 Å². The predicted octanol–water partition coefficient (Wildman–Crippen LogP) is 2.22. The highest BCUT2D eigenvalue weighted by atomic mass is 32.2. The fourth-order valence-electron chi connectivity index (χ4n) is 1.70. The van der Waals surface area contributed by atoms with Gasteiger partial charge in [-0.15, -0.1) is 0 Å². The zero-order valence-electron chi connectivity index (χ0n) is 10.5. The Morgan fingerprint density at radius 3 is 2.70 bits per heavy atom. The van der Waals surface area contributed by atoms with E-state index in [0.717, 1.165) is 23.8 Å². The van der Waals surface area contributed by atoms with Crippen LogP contribution in [0.25, 0.3) is 0 Å². The third-order valence-corrected chi connectivity index (χ3v) is 4.00. The summed E-state index contributed by atoms with van der Waals surface area (Å²) in [5.74, 6) is -2.01. The molecule has 0 spiro atoms. The number of furan rings is 1. The Balaban J connectivity index is 1.95. The summed E-state index contributed by atoms with van der Waals surface area (Å²) in [6.07, 6.45) is 3.47. The second-order valence-corrected chi connectivity index (χ2v) is 6.08. The molecule has 0 saturated carbocycles. The minimum atomic E-state index is -3.71. The molecule has 2 rings (SSSR count). The highest BCUT2D eigenvalue weighted by Gasteiger charge is 2.15. The summed E-state index contributed by atoms with van der Waals surface area (Å²) in [7, 11) is -3.71. The molecule has 7 heteroatoms. The molecule has 1 N–H and O–H groups in total. The highest BCUT2D eigenvalue weighted by Crippen LogP contribution is 2.12. The lowest BCUT2D eigenvalue weighted by Gasteiger charge is -2.07. The summed E-state index contributed by atoms with van der Waals surface area (Å²) in [6.45, 7) is 0.165. The fraction of sp³-hybridized carbons (Fsp3) is 0.231. The number of sulfonamides is 1. The van der Waals surface area contributed by atoms with Gasteiger partial charge in [0.15, 0.2) is 0 Å². The summed E-state index contributed by atoms with van der Waals surface area (Å²) in [5, 5.41) is 0. The highest BCUT2D eigenvalue weighted by molar-refractivity contribution is 7.88. The van der Waals surface area contributed by atoms with Crippen molar-refractivity contribution in [2.45, 2.75) is 12.2 Å². The predicted molar refractivity (Wildman–Crippen MR) is 69.4 cm³/mol. The molecule has 1 aromatic heterocycles. The van der Waals surface area contributed by atoms with E-state index in [1.807, 2.05) is 0 Å². The third kappa shape index (κ3) is 4.14. The molecule has 0 aliphatic carbocycles. The fourth-order valence-corrected chi connectivity index (χ4v) is 2.84. The summed E-state index contributed by atoms with van der Waals surface area (Å²) >= 11 is 0. The van der Waals surface area contributed by atoms with Gasteiger partial charge in [-0.1, -0.05) is 0 Å². The summed E-state index contributed by atoms with van der Waals surface area (Å²) in [6, 6.07) is 4.45. The molecule has 20 heavy (non-hydrogen) atoms. The smallest absolute Gasteiger partial charge is 0.215 e. The number of nitrogens with one attached hydrogen (secondary N) is 1. The Kier molecular flexibility index (Phi) is 4.51. The molecule has 0 amide bonds. The average Bonchev–Trinajstić information content (AvgIpc) is 2.86. The van der Waals surface area contributed by atoms with Gasteiger partial charge in [0.2, 0.25) is 10.0 Å². The Morgan fingerprint density at radius 2 is 2.00 bits per heavy atom. The molecule has 0 saturated heterocycles. The number of rotatable bonds is 6.